The third-order valence-electron chi connectivity index (χ3n) is 3.30. The Bertz CT molecular complexity index is 718. The maximum Gasteiger partial charge on any atom is 0.170 e. The minimum absolute atomic E-state index is 0.559. The zero-order chi connectivity index (χ0) is 17.0. The molecule has 0 amide bonds. The van der Waals surface area contributed by atoms with Gasteiger partial charge in [0, 0.05) is 23.3 Å². The summed E-state index contributed by atoms with van der Waals surface area (Å²) in [5.41, 5.74) is 2.94. The number of nitrogens with zero attached hydrogens (tertiary/aromatic N) is 2. The standard InChI is InChI=1S/C15H17Br2ClN4S/c1-9-14(17)10(2)22(21-9)7-3-6-19-15(23)20-13-5-4-11(16)8-12(13)18/h4-5,8H,3,6-7H2,1-2H3,(H2,19,20,23). The van der Waals surface area contributed by atoms with Gasteiger partial charge in [-0.3, -0.25) is 4.68 Å². The summed E-state index contributed by atoms with van der Waals surface area (Å²) in [6.45, 7) is 5.65. The molecule has 1 heterocycles. The van der Waals surface area contributed by atoms with E-state index in [1.54, 1.807) is 0 Å². The van der Waals surface area contributed by atoms with E-state index >= 15 is 0 Å². The van der Waals surface area contributed by atoms with E-state index in [4.69, 9.17) is 23.8 Å². The van der Waals surface area contributed by atoms with Crippen LogP contribution in [0, 0.1) is 13.8 Å². The van der Waals surface area contributed by atoms with Gasteiger partial charge in [0.25, 0.3) is 0 Å². The molecule has 2 N–H and O–H groups in total. The van der Waals surface area contributed by atoms with Crippen LogP contribution in [-0.4, -0.2) is 21.4 Å². The fourth-order valence-electron chi connectivity index (χ4n) is 2.08. The number of nitrogens with one attached hydrogen (secondary N) is 2. The number of thiocarbonyl (C=S) groups is 1. The van der Waals surface area contributed by atoms with Gasteiger partial charge in [0.15, 0.2) is 5.11 Å². The van der Waals surface area contributed by atoms with E-state index in [0.29, 0.717) is 10.1 Å². The van der Waals surface area contributed by atoms with Crippen molar-refractivity contribution < 1.29 is 0 Å². The van der Waals surface area contributed by atoms with Gasteiger partial charge in [0.05, 0.1) is 20.9 Å². The van der Waals surface area contributed by atoms with Crippen LogP contribution in [0.4, 0.5) is 5.69 Å². The number of anilines is 1. The van der Waals surface area contributed by atoms with E-state index in [0.717, 1.165) is 45.5 Å². The molecule has 0 fully saturated rings. The maximum absolute atomic E-state index is 6.15. The summed E-state index contributed by atoms with van der Waals surface area (Å²) in [6.07, 6.45) is 0.921. The van der Waals surface area contributed by atoms with Crippen molar-refractivity contribution in [2.75, 3.05) is 11.9 Å². The summed E-state index contributed by atoms with van der Waals surface area (Å²) < 4.78 is 4.01. The Morgan fingerprint density at radius 3 is 2.70 bits per heavy atom. The molecule has 0 spiro atoms. The Balaban J connectivity index is 1.77. The van der Waals surface area contributed by atoms with Crippen LogP contribution in [-0.2, 0) is 6.54 Å². The first-order valence-corrected chi connectivity index (χ1v) is 9.45. The highest BCUT2D eigenvalue weighted by Gasteiger charge is 2.08. The molecule has 0 aliphatic heterocycles. The summed E-state index contributed by atoms with van der Waals surface area (Å²) in [5.74, 6) is 0. The van der Waals surface area contributed by atoms with Gasteiger partial charge in [-0.25, -0.2) is 0 Å². The lowest BCUT2D eigenvalue weighted by Crippen LogP contribution is -2.30. The molecule has 0 saturated heterocycles. The largest absolute Gasteiger partial charge is 0.362 e. The minimum atomic E-state index is 0.559. The predicted octanol–water partition coefficient (Wildman–Crippen LogP) is 5.06. The van der Waals surface area contributed by atoms with Gasteiger partial charge in [-0.15, -0.1) is 0 Å². The van der Waals surface area contributed by atoms with Crippen LogP contribution in [0.5, 0.6) is 0 Å². The van der Waals surface area contributed by atoms with Crippen molar-refractivity contribution in [3.63, 3.8) is 0 Å². The first kappa shape index (κ1) is 18.7. The number of halogens is 3. The van der Waals surface area contributed by atoms with Crippen molar-refractivity contribution in [1.29, 1.82) is 0 Å². The van der Waals surface area contributed by atoms with Gasteiger partial charge in [0.1, 0.15) is 0 Å². The van der Waals surface area contributed by atoms with Gasteiger partial charge in [-0.1, -0.05) is 27.5 Å². The van der Waals surface area contributed by atoms with E-state index in [1.807, 2.05) is 29.8 Å². The highest BCUT2D eigenvalue weighted by Crippen LogP contribution is 2.25. The molecule has 0 unspecified atom stereocenters. The molecular formula is C15H17Br2ClN4S. The first-order chi connectivity index (χ1) is 10.9. The van der Waals surface area contributed by atoms with E-state index in [2.05, 4.69) is 54.5 Å². The Labute approximate surface area is 163 Å². The Hall–Kier alpha value is -0.630. The Morgan fingerprint density at radius 2 is 2.09 bits per heavy atom. The molecule has 4 nitrogen and oxygen atoms in total. The molecule has 23 heavy (non-hydrogen) atoms. The fraction of sp³-hybridized carbons (Fsp3) is 0.333. The highest BCUT2D eigenvalue weighted by molar-refractivity contribution is 9.10. The van der Waals surface area contributed by atoms with Crippen molar-refractivity contribution in [2.45, 2.75) is 26.8 Å². The summed E-state index contributed by atoms with van der Waals surface area (Å²) in [4.78, 5) is 0. The molecule has 8 heteroatoms. The second-order valence-corrected chi connectivity index (χ2v) is 7.59. The topological polar surface area (TPSA) is 41.9 Å². The number of hydrogen-bond acceptors (Lipinski definition) is 2. The van der Waals surface area contributed by atoms with Crippen LogP contribution in [0.15, 0.2) is 27.1 Å². The molecule has 124 valence electrons. The molecule has 2 rings (SSSR count). The van der Waals surface area contributed by atoms with Gasteiger partial charge < -0.3 is 10.6 Å². The average molecular weight is 481 g/mol. The second kappa shape index (κ2) is 8.46. The third-order valence-corrected chi connectivity index (χ3v) is 5.50. The van der Waals surface area contributed by atoms with Crippen molar-refractivity contribution >= 4 is 66.5 Å². The highest BCUT2D eigenvalue weighted by atomic mass is 79.9. The number of benzene rings is 1. The lowest BCUT2D eigenvalue weighted by Gasteiger charge is -2.12. The molecule has 0 bridgehead atoms. The van der Waals surface area contributed by atoms with Crippen LogP contribution in [0.3, 0.4) is 0 Å². The molecule has 1 aromatic heterocycles. The molecule has 1 aromatic carbocycles. The quantitative estimate of drug-likeness (QED) is 0.464. The number of aromatic nitrogens is 2. The normalized spacial score (nSPS) is 10.7. The number of aryl methyl sites for hydroxylation is 2. The van der Waals surface area contributed by atoms with Crippen LogP contribution in [0.1, 0.15) is 17.8 Å². The van der Waals surface area contributed by atoms with Gasteiger partial charge in [-0.2, -0.15) is 5.10 Å². The van der Waals surface area contributed by atoms with Crippen molar-refractivity contribution in [3.05, 3.63) is 43.6 Å². The third kappa shape index (κ3) is 5.17. The zero-order valence-corrected chi connectivity index (χ0v) is 17.5. The van der Waals surface area contributed by atoms with E-state index < -0.39 is 0 Å². The monoisotopic (exact) mass is 478 g/mol. The Kier molecular flexibility index (Phi) is 6.88. The fourth-order valence-corrected chi connectivity index (χ4v) is 3.30. The van der Waals surface area contributed by atoms with Crippen molar-refractivity contribution in [3.8, 4) is 0 Å². The summed E-state index contributed by atoms with van der Waals surface area (Å²) in [5, 5.41) is 11.9. The van der Waals surface area contributed by atoms with E-state index in [1.165, 1.54) is 0 Å². The number of rotatable bonds is 5. The lowest BCUT2D eigenvalue weighted by molar-refractivity contribution is 0.558. The Morgan fingerprint density at radius 1 is 1.35 bits per heavy atom. The van der Waals surface area contributed by atoms with Crippen molar-refractivity contribution in [1.82, 2.24) is 15.1 Å². The molecule has 0 aliphatic carbocycles. The minimum Gasteiger partial charge on any atom is -0.362 e. The molecule has 0 aliphatic rings. The van der Waals surface area contributed by atoms with Gasteiger partial charge >= 0.3 is 0 Å². The van der Waals surface area contributed by atoms with Crippen LogP contribution in [0.25, 0.3) is 0 Å². The SMILES string of the molecule is Cc1nn(CCCNC(=S)Nc2ccc(Br)cc2Cl)c(C)c1Br. The lowest BCUT2D eigenvalue weighted by atomic mass is 10.3. The number of hydrogen-bond donors (Lipinski definition) is 2. The molecule has 0 atom stereocenters. The maximum atomic E-state index is 6.15. The van der Waals surface area contributed by atoms with Gasteiger partial charge in [-0.05, 0) is 66.6 Å². The van der Waals surface area contributed by atoms with E-state index in [9.17, 15) is 0 Å². The molecular weight excluding hydrogens is 464 g/mol. The second-order valence-electron chi connectivity index (χ2n) is 5.07. The van der Waals surface area contributed by atoms with Crippen LogP contribution >= 0.6 is 55.7 Å². The van der Waals surface area contributed by atoms with E-state index in [-0.39, 0.29) is 0 Å². The molecule has 0 radical (unpaired) electrons. The van der Waals surface area contributed by atoms with Crippen LogP contribution < -0.4 is 10.6 Å². The summed E-state index contributed by atoms with van der Waals surface area (Å²) in [7, 11) is 0. The molecule has 2 aromatic rings. The summed E-state index contributed by atoms with van der Waals surface area (Å²) >= 11 is 18.4. The average Bonchev–Trinajstić information content (AvgIpc) is 2.74. The van der Waals surface area contributed by atoms with Crippen molar-refractivity contribution in [2.24, 2.45) is 0 Å². The van der Waals surface area contributed by atoms with Crippen LogP contribution in [0.2, 0.25) is 5.02 Å². The zero-order valence-electron chi connectivity index (χ0n) is 12.8. The molecule has 0 saturated carbocycles. The predicted molar refractivity (Wildman–Crippen MR) is 107 cm³/mol. The van der Waals surface area contributed by atoms with Gasteiger partial charge in [0.2, 0.25) is 0 Å². The first-order valence-electron chi connectivity index (χ1n) is 7.08. The smallest absolute Gasteiger partial charge is 0.170 e. The summed E-state index contributed by atoms with van der Waals surface area (Å²) in [6, 6.07) is 5.62.